The van der Waals surface area contributed by atoms with Crippen LogP contribution in [-0.2, 0) is 12.7 Å². The molecule has 2 heterocycles. The van der Waals surface area contributed by atoms with Crippen LogP contribution in [0.1, 0.15) is 51.6 Å². The van der Waals surface area contributed by atoms with Gasteiger partial charge in [0.05, 0.1) is 11.1 Å². The van der Waals surface area contributed by atoms with E-state index in [4.69, 9.17) is 0 Å². The number of halogens is 3. The molecule has 2 aliphatic rings. The monoisotopic (exact) mass is 445 g/mol. The molecule has 2 aromatic carbocycles. The fraction of sp³-hybridized carbons (Fsp3) is 0.417. The number of amides is 2. The molecule has 32 heavy (non-hydrogen) atoms. The zero-order valence-electron chi connectivity index (χ0n) is 18.0. The van der Waals surface area contributed by atoms with Crippen molar-refractivity contribution >= 4 is 17.5 Å². The molecule has 5 nitrogen and oxygen atoms in total. The minimum Gasteiger partial charge on any atom is -0.368 e. The molecule has 2 aliphatic heterocycles. The van der Waals surface area contributed by atoms with E-state index in [1.54, 1.807) is 0 Å². The van der Waals surface area contributed by atoms with E-state index >= 15 is 0 Å². The van der Waals surface area contributed by atoms with Crippen molar-refractivity contribution in [2.24, 2.45) is 0 Å². The van der Waals surface area contributed by atoms with Crippen LogP contribution >= 0.6 is 0 Å². The molecule has 2 amide bonds. The van der Waals surface area contributed by atoms with Crippen molar-refractivity contribution in [3.05, 3.63) is 64.7 Å². The van der Waals surface area contributed by atoms with E-state index in [-0.39, 0.29) is 11.5 Å². The van der Waals surface area contributed by atoms with Gasteiger partial charge in [-0.3, -0.25) is 9.59 Å². The number of anilines is 1. The van der Waals surface area contributed by atoms with Gasteiger partial charge in [-0.25, -0.2) is 0 Å². The normalized spacial score (nSPS) is 16.5. The number of fused-ring (bicyclic) bond motifs is 1. The number of unbranched alkanes of at least 4 members (excludes halogenated alkanes) is 1. The topological polar surface area (TPSA) is 43.9 Å². The van der Waals surface area contributed by atoms with E-state index in [2.05, 4.69) is 11.8 Å². The number of benzene rings is 2. The van der Waals surface area contributed by atoms with E-state index < -0.39 is 17.6 Å². The molecule has 1 fully saturated rings. The molecule has 0 N–H and O–H groups in total. The maximum absolute atomic E-state index is 13.3. The van der Waals surface area contributed by atoms with Crippen molar-refractivity contribution in [1.82, 2.24) is 9.80 Å². The number of carbonyl (C=O) groups excluding carboxylic acids is 2. The Bertz CT molecular complexity index is 1010. The second-order valence-electron chi connectivity index (χ2n) is 8.24. The van der Waals surface area contributed by atoms with Crippen molar-refractivity contribution < 1.29 is 22.8 Å². The summed E-state index contributed by atoms with van der Waals surface area (Å²) >= 11 is 0. The van der Waals surface area contributed by atoms with Crippen LogP contribution in [0.15, 0.2) is 42.5 Å². The lowest BCUT2D eigenvalue weighted by Crippen LogP contribution is -2.49. The Balaban J connectivity index is 1.42. The first kappa shape index (κ1) is 22.2. The molecule has 0 atom stereocenters. The lowest BCUT2D eigenvalue weighted by molar-refractivity contribution is -0.138. The summed E-state index contributed by atoms with van der Waals surface area (Å²) in [5.74, 6) is -0.526. The summed E-state index contributed by atoms with van der Waals surface area (Å²) in [5, 5.41) is 0. The largest absolute Gasteiger partial charge is 0.417 e. The number of piperazine rings is 1. The van der Waals surface area contributed by atoms with Gasteiger partial charge in [0.15, 0.2) is 0 Å². The standard InChI is InChI=1S/C24H26F3N3O2/c1-2-3-10-30-16-17-15-18(8-9-19(17)22(30)31)28-11-13-29(14-12-28)23(32)20-6-4-5-7-21(20)24(25,26)27/h4-9,15H,2-3,10-14,16H2,1H3. The highest BCUT2D eigenvalue weighted by atomic mass is 19.4. The van der Waals surface area contributed by atoms with Gasteiger partial charge in [-0.05, 0) is 42.3 Å². The molecule has 8 heteroatoms. The molecule has 0 aliphatic carbocycles. The molecular weight excluding hydrogens is 419 g/mol. The minimum atomic E-state index is -4.57. The van der Waals surface area contributed by atoms with Gasteiger partial charge >= 0.3 is 6.18 Å². The summed E-state index contributed by atoms with van der Waals surface area (Å²) in [5.41, 5.74) is 1.50. The quantitative estimate of drug-likeness (QED) is 0.684. The van der Waals surface area contributed by atoms with Crippen LogP contribution in [0.25, 0.3) is 0 Å². The Morgan fingerprint density at radius 1 is 1.03 bits per heavy atom. The molecule has 0 aromatic heterocycles. The van der Waals surface area contributed by atoms with Crippen LogP contribution in [0.2, 0.25) is 0 Å². The molecule has 1 saturated heterocycles. The third kappa shape index (κ3) is 4.31. The maximum atomic E-state index is 13.3. The zero-order valence-corrected chi connectivity index (χ0v) is 18.0. The second-order valence-corrected chi connectivity index (χ2v) is 8.24. The molecule has 4 rings (SSSR count). The Morgan fingerprint density at radius 2 is 1.75 bits per heavy atom. The molecule has 0 radical (unpaired) electrons. The fourth-order valence-corrected chi connectivity index (χ4v) is 4.35. The zero-order chi connectivity index (χ0) is 22.9. The first-order valence-electron chi connectivity index (χ1n) is 10.9. The Kier molecular flexibility index (Phi) is 6.13. The summed E-state index contributed by atoms with van der Waals surface area (Å²) in [6, 6.07) is 10.7. The predicted molar refractivity (Wildman–Crippen MR) is 116 cm³/mol. The number of hydrogen-bond acceptors (Lipinski definition) is 3. The molecule has 0 unspecified atom stereocenters. The highest BCUT2D eigenvalue weighted by molar-refractivity contribution is 5.99. The van der Waals surface area contributed by atoms with Gasteiger partial charge in [0.25, 0.3) is 11.8 Å². The number of nitrogens with zero attached hydrogens (tertiary/aromatic N) is 3. The number of rotatable bonds is 5. The number of carbonyl (C=O) groups is 2. The van der Waals surface area contributed by atoms with E-state index in [1.165, 1.54) is 23.1 Å². The van der Waals surface area contributed by atoms with E-state index in [0.29, 0.717) is 32.7 Å². The van der Waals surface area contributed by atoms with Crippen molar-refractivity contribution in [2.75, 3.05) is 37.6 Å². The van der Waals surface area contributed by atoms with Gasteiger partial charge in [0.1, 0.15) is 0 Å². The van der Waals surface area contributed by atoms with Crippen molar-refractivity contribution in [3.8, 4) is 0 Å². The maximum Gasteiger partial charge on any atom is 0.417 e. The van der Waals surface area contributed by atoms with Crippen LogP contribution in [0.5, 0.6) is 0 Å². The highest BCUT2D eigenvalue weighted by Crippen LogP contribution is 2.33. The summed E-state index contributed by atoms with van der Waals surface area (Å²) in [4.78, 5) is 30.8. The second kappa shape index (κ2) is 8.84. The Morgan fingerprint density at radius 3 is 2.44 bits per heavy atom. The Hall–Kier alpha value is -3.03. The lowest BCUT2D eigenvalue weighted by atomic mass is 10.1. The third-order valence-electron chi connectivity index (χ3n) is 6.14. The first-order chi connectivity index (χ1) is 15.3. The predicted octanol–water partition coefficient (Wildman–Crippen LogP) is 4.42. The van der Waals surface area contributed by atoms with Crippen LogP contribution in [0.3, 0.4) is 0 Å². The van der Waals surface area contributed by atoms with Crippen molar-refractivity contribution in [2.45, 2.75) is 32.5 Å². The van der Waals surface area contributed by atoms with Gasteiger partial charge in [0, 0.05) is 50.5 Å². The smallest absolute Gasteiger partial charge is 0.368 e. The van der Waals surface area contributed by atoms with Crippen molar-refractivity contribution in [1.29, 1.82) is 0 Å². The molecule has 0 bridgehead atoms. The van der Waals surface area contributed by atoms with Gasteiger partial charge in [-0.2, -0.15) is 13.2 Å². The van der Waals surface area contributed by atoms with Gasteiger partial charge < -0.3 is 14.7 Å². The first-order valence-corrected chi connectivity index (χ1v) is 10.9. The van der Waals surface area contributed by atoms with Crippen LogP contribution in [0.4, 0.5) is 18.9 Å². The van der Waals surface area contributed by atoms with Gasteiger partial charge in [-0.1, -0.05) is 25.5 Å². The SMILES string of the molecule is CCCCN1Cc2cc(N3CCN(C(=O)c4ccccc4C(F)(F)F)CC3)ccc2C1=O. The van der Waals surface area contributed by atoms with E-state index in [9.17, 15) is 22.8 Å². The molecular formula is C24H26F3N3O2. The summed E-state index contributed by atoms with van der Waals surface area (Å²) < 4.78 is 39.9. The summed E-state index contributed by atoms with van der Waals surface area (Å²) in [7, 11) is 0. The third-order valence-corrected chi connectivity index (χ3v) is 6.14. The molecule has 0 saturated carbocycles. The number of hydrogen-bond donors (Lipinski definition) is 0. The lowest BCUT2D eigenvalue weighted by Gasteiger charge is -2.36. The van der Waals surface area contributed by atoms with E-state index in [0.717, 1.165) is 42.3 Å². The molecule has 2 aromatic rings. The molecule has 170 valence electrons. The van der Waals surface area contributed by atoms with E-state index in [1.807, 2.05) is 23.1 Å². The summed E-state index contributed by atoms with van der Waals surface area (Å²) in [6.45, 7) is 5.16. The highest BCUT2D eigenvalue weighted by Gasteiger charge is 2.36. The van der Waals surface area contributed by atoms with Crippen LogP contribution in [-0.4, -0.2) is 54.3 Å². The summed E-state index contributed by atoms with van der Waals surface area (Å²) in [6.07, 6.45) is -2.57. The average Bonchev–Trinajstić information content (AvgIpc) is 3.11. The van der Waals surface area contributed by atoms with Crippen molar-refractivity contribution in [3.63, 3.8) is 0 Å². The minimum absolute atomic E-state index is 0.0683. The van der Waals surface area contributed by atoms with Gasteiger partial charge in [-0.15, -0.1) is 0 Å². The number of alkyl halides is 3. The molecule has 0 spiro atoms. The van der Waals surface area contributed by atoms with Crippen LogP contribution < -0.4 is 4.90 Å². The fourth-order valence-electron chi connectivity index (χ4n) is 4.35. The Labute approximate surface area is 185 Å². The van der Waals surface area contributed by atoms with Crippen LogP contribution in [0, 0.1) is 0 Å². The van der Waals surface area contributed by atoms with Gasteiger partial charge in [0.2, 0.25) is 0 Å². The average molecular weight is 445 g/mol.